The number of alkyl halides is 1. The van der Waals surface area contributed by atoms with Crippen molar-refractivity contribution < 1.29 is 8.42 Å². The number of anilines is 1. The fraction of sp³-hybridized carbons (Fsp3) is 0.0769. The molecule has 2 rings (SSSR count). The Labute approximate surface area is 111 Å². The molecule has 0 aliphatic heterocycles. The summed E-state index contributed by atoms with van der Waals surface area (Å²) in [7, 11) is -3.49. The van der Waals surface area contributed by atoms with Gasteiger partial charge in [-0.1, -0.05) is 48.5 Å². The maximum absolute atomic E-state index is 11.5. The Morgan fingerprint density at radius 2 is 1.56 bits per heavy atom. The van der Waals surface area contributed by atoms with E-state index >= 15 is 0 Å². The molecule has 0 heterocycles. The minimum atomic E-state index is -3.49. The largest absolute Gasteiger partial charge is 0.282 e. The van der Waals surface area contributed by atoms with E-state index in [1.807, 2.05) is 42.5 Å². The van der Waals surface area contributed by atoms with Gasteiger partial charge in [0.05, 0.1) is 5.69 Å². The van der Waals surface area contributed by atoms with Gasteiger partial charge in [-0.3, -0.25) is 4.72 Å². The van der Waals surface area contributed by atoms with Crippen LogP contribution in [0.5, 0.6) is 0 Å². The molecule has 18 heavy (non-hydrogen) atoms. The first-order valence-electron chi connectivity index (χ1n) is 5.33. The molecule has 0 saturated carbocycles. The number of para-hydroxylation sites is 1. The molecule has 0 amide bonds. The van der Waals surface area contributed by atoms with Crippen molar-refractivity contribution >= 4 is 27.3 Å². The molecule has 0 aliphatic carbocycles. The zero-order valence-electron chi connectivity index (χ0n) is 9.51. The predicted octanol–water partition coefficient (Wildman–Crippen LogP) is 3.29. The summed E-state index contributed by atoms with van der Waals surface area (Å²) in [5.74, 6) is 0. The van der Waals surface area contributed by atoms with Gasteiger partial charge >= 0.3 is 0 Å². The van der Waals surface area contributed by atoms with E-state index in [0.29, 0.717) is 5.69 Å². The molecular formula is C13H12ClNO2S. The van der Waals surface area contributed by atoms with Gasteiger partial charge < -0.3 is 0 Å². The smallest absolute Gasteiger partial charge is 0.246 e. The van der Waals surface area contributed by atoms with Gasteiger partial charge in [0.2, 0.25) is 10.0 Å². The second kappa shape index (κ2) is 5.42. The Kier molecular flexibility index (Phi) is 3.89. The highest BCUT2D eigenvalue weighted by atomic mass is 35.5. The molecule has 0 fully saturated rings. The van der Waals surface area contributed by atoms with Crippen LogP contribution in [0.25, 0.3) is 11.1 Å². The fourth-order valence-electron chi connectivity index (χ4n) is 1.64. The number of nitrogens with one attached hydrogen (secondary N) is 1. The quantitative estimate of drug-likeness (QED) is 0.874. The van der Waals surface area contributed by atoms with Gasteiger partial charge in [0.25, 0.3) is 0 Å². The Morgan fingerprint density at radius 1 is 0.944 bits per heavy atom. The molecule has 0 radical (unpaired) electrons. The van der Waals surface area contributed by atoms with Crippen LogP contribution in [0.2, 0.25) is 0 Å². The molecule has 0 aliphatic rings. The zero-order valence-corrected chi connectivity index (χ0v) is 11.1. The van der Waals surface area contributed by atoms with E-state index in [0.717, 1.165) is 11.1 Å². The third kappa shape index (κ3) is 3.03. The number of benzene rings is 2. The molecule has 0 bridgehead atoms. The van der Waals surface area contributed by atoms with Crippen molar-refractivity contribution in [2.24, 2.45) is 0 Å². The summed E-state index contributed by atoms with van der Waals surface area (Å²) >= 11 is 5.39. The fourth-order valence-corrected chi connectivity index (χ4v) is 2.37. The Morgan fingerprint density at radius 3 is 2.22 bits per heavy atom. The average Bonchev–Trinajstić information content (AvgIpc) is 2.40. The predicted molar refractivity (Wildman–Crippen MR) is 75.1 cm³/mol. The summed E-state index contributed by atoms with van der Waals surface area (Å²) in [5.41, 5.74) is 2.31. The molecule has 0 unspecified atom stereocenters. The lowest BCUT2D eigenvalue weighted by Crippen LogP contribution is -2.13. The molecule has 94 valence electrons. The first kappa shape index (κ1) is 12.9. The highest BCUT2D eigenvalue weighted by Crippen LogP contribution is 2.28. The lowest BCUT2D eigenvalue weighted by atomic mass is 10.0. The van der Waals surface area contributed by atoms with Crippen LogP contribution in [-0.4, -0.2) is 13.6 Å². The number of hydrogen-bond acceptors (Lipinski definition) is 2. The van der Waals surface area contributed by atoms with Crippen molar-refractivity contribution in [2.75, 3.05) is 9.93 Å². The Balaban J connectivity index is 2.44. The first-order chi connectivity index (χ1) is 8.62. The van der Waals surface area contributed by atoms with Gasteiger partial charge in [-0.05, 0) is 11.6 Å². The highest BCUT2D eigenvalue weighted by molar-refractivity contribution is 7.93. The van der Waals surface area contributed by atoms with Crippen LogP contribution >= 0.6 is 11.6 Å². The zero-order chi connectivity index (χ0) is 13.0. The monoisotopic (exact) mass is 281 g/mol. The van der Waals surface area contributed by atoms with E-state index in [-0.39, 0.29) is 0 Å². The molecule has 3 nitrogen and oxygen atoms in total. The van der Waals surface area contributed by atoms with Crippen LogP contribution < -0.4 is 4.72 Å². The molecule has 2 aromatic carbocycles. The van der Waals surface area contributed by atoms with Crippen molar-refractivity contribution in [2.45, 2.75) is 0 Å². The lowest BCUT2D eigenvalue weighted by Gasteiger charge is -2.11. The van der Waals surface area contributed by atoms with Crippen LogP contribution in [0.1, 0.15) is 0 Å². The minimum absolute atomic E-state index is 0.462. The average molecular weight is 282 g/mol. The van der Waals surface area contributed by atoms with E-state index in [2.05, 4.69) is 4.72 Å². The van der Waals surface area contributed by atoms with Crippen LogP contribution in [-0.2, 0) is 10.0 Å². The SMILES string of the molecule is O=S(=O)(CCl)Nc1ccccc1-c1ccccc1. The summed E-state index contributed by atoms with van der Waals surface area (Å²) in [4.78, 5) is 0. The van der Waals surface area contributed by atoms with Crippen molar-refractivity contribution in [1.82, 2.24) is 0 Å². The summed E-state index contributed by atoms with van der Waals surface area (Å²) < 4.78 is 25.5. The number of halogens is 1. The summed E-state index contributed by atoms with van der Waals surface area (Å²) in [6, 6.07) is 16.8. The Hall–Kier alpha value is -1.52. The number of sulfonamides is 1. The van der Waals surface area contributed by atoms with Gasteiger partial charge in [0, 0.05) is 5.56 Å². The van der Waals surface area contributed by atoms with Crippen molar-refractivity contribution in [3.63, 3.8) is 0 Å². The summed E-state index contributed by atoms with van der Waals surface area (Å²) in [6.45, 7) is 0. The van der Waals surface area contributed by atoms with Crippen LogP contribution in [0.15, 0.2) is 54.6 Å². The van der Waals surface area contributed by atoms with Crippen LogP contribution in [0, 0.1) is 0 Å². The van der Waals surface area contributed by atoms with Crippen LogP contribution in [0.3, 0.4) is 0 Å². The van der Waals surface area contributed by atoms with Gasteiger partial charge in [0.1, 0.15) is 5.21 Å². The molecular weight excluding hydrogens is 270 g/mol. The molecule has 0 spiro atoms. The minimum Gasteiger partial charge on any atom is -0.282 e. The topological polar surface area (TPSA) is 46.2 Å². The number of rotatable bonds is 4. The van der Waals surface area contributed by atoms with E-state index in [9.17, 15) is 8.42 Å². The lowest BCUT2D eigenvalue weighted by molar-refractivity contribution is 0.605. The number of hydrogen-bond donors (Lipinski definition) is 1. The van der Waals surface area contributed by atoms with E-state index < -0.39 is 15.2 Å². The molecule has 0 aromatic heterocycles. The standard InChI is InChI=1S/C13H12ClNO2S/c14-10-18(16,17)15-13-9-5-4-8-12(13)11-6-2-1-3-7-11/h1-9,15H,10H2. The van der Waals surface area contributed by atoms with Gasteiger partial charge in [0.15, 0.2) is 0 Å². The third-order valence-electron chi connectivity index (χ3n) is 2.42. The maximum Gasteiger partial charge on any atom is 0.246 e. The third-order valence-corrected chi connectivity index (χ3v) is 4.10. The second-order valence-corrected chi connectivity index (χ2v) is 6.04. The summed E-state index contributed by atoms with van der Waals surface area (Å²) in [5, 5.41) is -0.462. The van der Waals surface area contributed by atoms with E-state index in [1.165, 1.54) is 0 Å². The van der Waals surface area contributed by atoms with Crippen molar-refractivity contribution in [1.29, 1.82) is 0 Å². The van der Waals surface area contributed by atoms with Gasteiger partial charge in [-0.25, -0.2) is 8.42 Å². The Bertz CT molecular complexity index is 626. The molecule has 0 saturated heterocycles. The van der Waals surface area contributed by atoms with E-state index in [1.54, 1.807) is 12.1 Å². The molecule has 5 heteroatoms. The van der Waals surface area contributed by atoms with Crippen LogP contribution in [0.4, 0.5) is 5.69 Å². The molecule has 2 aromatic rings. The molecule has 0 atom stereocenters. The maximum atomic E-state index is 11.5. The second-order valence-electron chi connectivity index (χ2n) is 3.74. The van der Waals surface area contributed by atoms with Gasteiger partial charge in [-0.15, -0.1) is 11.6 Å². The highest BCUT2D eigenvalue weighted by Gasteiger charge is 2.11. The normalized spacial score (nSPS) is 11.2. The van der Waals surface area contributed by atoms with Gasteiger partial charge in [-0.2, -0.15) is 0 Å². The molecule has 1 N–H and O–H groups in total. The van der Waals surface area contributed by atoms with Crippen molar-refractivity contribution in [3.05, 3.63) is 54.6 Å². The summed E-state index contributed by atoms with van der Waals surface area (Å²) in [6.07, 6.45) is 0. The van der Waals surface area contributed by atoms with E-state index in [4.69, 9.17) is 11.6 Å². The first-order valence-corrected chi connectivity index (χ1v) is 7.52. The van der Waals surface area contributed by atoms with Crippen molar-refractivity contribution in [3.8, 4) is 11.1 Å².